The highest BCUT2D eigenvalue weighted by Gasteiger charge is 2.25. The lowest BCUT2D eigenvalue weighted by molar-refractivity contribution is 0.0595. The van der Waals surface area contributed by atoms with Gasteiger partial charge < -0.3 is 15.7 Å². The van der Waals surface area contributed by atoms with Crippen LogP contribution in [-0.2, 0) is 12.0 Å². The smallest absolute Gasteiger partial charge is 0.314 e. The predicted molar refractivity (Wildman–Crippen MR) is 95.1 cm³/mol. The number of halogens is 1. The molecule has 1 unspecified atom stereocenters. The number of carbonyl (C=O) groups excluding carboxylic acids is 1. The number of nitrogens with zero attached hydrogens (tertiary/aromatic N) is 1. The molecular weight excluding hydrogens is 326 g/mol. The summed E-state index contributed by atoms with van der Waals surface area (Å²) in [5.41, 5.74) is 1.37. The maximum atomic E-state index is 11.9. The summed E-state index contributed by atoms with van der Waals surface area (Å²) in [5, 5.41) is 16.4. The first-order valence-corrected chi connectivity index (χ1v) is 8.17. The van der Waals surface area contributed by atoms with E-state index in [2.05, 4.69) is 15.6 Å². The van der Waals surface area contributed by atoms with Crippen molar-refractivity contribution < 1.29 is 9.90 Å². The van der Waals surface area contributed by atoms with Crippen molar-refractivity contribution in [2.24, 2.45) is 0 Å². The molecule has 2 amide bonds. The van der Waals surface area contributed by atoms with Gasteiger partial charge in [-0.1, -0.05) is 35.9 Å². The first kappa shape index (κ1) is 18.2. The van der Waals surface area contributed by atoms with Gasteiger partial charge in [-0.2, -0.15) is 0 Å². The highest BCUT2D eigenvalue weighted by Crippen LogP contribution is 2.27. The fourth-order valence-corrected chi connectivity index (χ4v) is 2.61. The van der Waals surface area contributed by atoms with Crippen LogP contribution in [0.1, 0.15) is 23.7 Å². The van der Waals surface area contributed by atoms with Gasteiger partial charge in [-0.05, 0) is 38.0 Å². The molecule has 0 fully saturated rings. The van der Waals surface area contributed by atoms with Gasteiger partial charge in [-0.25, -0.2) is 4.79 Å². The lowest BCUT2D eigenvalue weighted by Gasteiger charge is -2.25. The summed E-state index contributed by atoms with van der Waals surface area (Å²) in [6.07, 6.45) is 2.50. The van der Waals surface area contributed by atoms with Crippen molar-refractivity contribution in [2.45, 2.75) is 25.9 Å². The molecule has 0 aliphatic rings. The minimum atomic E-state index is -1.24. The van der Waals surface area contributed by atoms with Crippen molar-refractivity contribution in [1.82, 2.24) is 15.6 Å². The second-order valence-corrected chi connectivity index (χ2v) is 6.33. The summed E-state index contributed by atoms with van der Waals surface area (Å²) in [4.78, 5) is 16.1. The monoisotopic (exact) mass is 347 g/mol. The van der Waals surface area contributed by atoms with Crippen molar-refractivity contribution in [2.75, 3.05) is 13.1 Å². The van der Waals surface area contributed by atoms with Crippen LogP contribution >= 0.6 is 11.6 Å². The molecule has 5 nitrogen and oxygen atoms in total. The molecule has 2 rings (SSSR count). The summed E-state index contributed by atoms with van der Waals surface area (Å²) in [6, 6.07) is 10.6. The maximum absolute atomic E-state index is 11.9. The average molecular weight is 348 g/mol. The number of amides is 2. The molecule has 1 aromatic heterocycles. The van der Waals surface area contributed by atoms with Crippen LogP contribution in [0.25, 0.3) is 0 Å². The zero-order valence-electron chi connectivity index (χ0n) is 13.8. The van der Waals surface area contributed by atoms with Gasteiger partial charge in [-0.3, -0.25) is 4.98 Å². The Morgan fingerprint density at radius 3 is 2.67 bits per heavy atom. The molecule has 0 saturated heterocycles. The molecule has 0 spiro atoms. The van der Waals surface area contributed by atoms with Crippen LogP contribution in [0.3, 0.4) is 0 Å². The largest absolute Gasteiger partial charge is 0.384 e. The van der Waals surface area contributed by atoms with Crippen molar-refractivity contribution >= 4 is 17.6 Å². The Balaban J connectivity index is 1.78. The van der Waals surface area contributed by atoms with Crippen molar-refractivity contribution in [1.29, 1.82) is 0 Å². The van der Waals surface area contributed by atoms with E-state index in [4.69, 9.17) is 11.6 Å². The number of rotatable bonds is 6. The Morgan fingerprint density at radius 2 is 2.00 bits per heavy atom. The number of aryl methyl sites for hydroxylation is 1. The number of nitrogens with one attached hydrogen (secondary N) is 2. The number of pyridine rings is 1. The van der Waals surface area contributed by atoms with E-state index in [9.17, 15) is 9.90 Å². The van der Waals surface area contributed by atoms with Gasteiger partial charge in [0.25, 0.3) is 0 Å². The third kappa shape index (κ3) is 5.22. The Labute approximate surface area is 147 Å². The standard InChI is InChI=1S/C18H22ClN3O2/c1-13-7-8-14(11-21-13)9-10-20-17(23)22-12-18(2,24)15-5-3-4-6-16(15)19/h3-8,11,24H,9-10,12H2,1-2H3,(H2,20,22,23). The van der Waals surface area contributed by atoms with E-state index >= 15 is 0 Å². The predicted octanol–water partition coefficient (Wildman–Crippen LogP) is 2.79. The number of benzene rings is 1. The summed E-state index contributed by atoms with van der Waals surface area (Å²) in [6.45, 7) is 4.10. The molecule has 1 atom stereocenters. The number of aromatic nitrogens is 1. The van der Waals surface area contributed by atoms with Crippen molar-refractivity contribution in [3.8, 4) is 0 Å². The molecule has 0 bridgehead atoms. The van der Waals surface area contributed by atoms with Crippen molar-refractivity contribution in [3.63, 3.8) is 0 Å². The highest BCUT2D eigenvalue weighted by atomic mass is 35.5. The Hall–Kier alpha value is -2.11. The van der Waals surface area contributed by atoms with Crippen LogP contribution in [0.2, 0.25) is 5.02 Å². The quantitative estimate of drug-likeness (QED) is 0.752. The third-order valence-electron chi connectivity index (χ3n) is 3.72. The summed E-state index contributed by atoms with van der Waals surface area (Å²) in [5.74, 6) is 0. The van der Waals surface area contributed by atoms with E-state index in [1.54, 1.807) is 37.4 Å². The molecule has 2 aromatic rings. The second-order valence-electron chi connectivity index (χ2n) is 5.92. The van der Waals surface area contributed by atoms with Gasteiger partial charge in [-0.15, -0.1) is 0 Å². The van der Waals surface area contributed by atoms with Gasteiger partial charge in [0.2, 0.25) is 0 Å². The minimum Gasteiger partial charge on any atom is -0.384 e. The van der Waals surface area contributed by atoms with Gasteiger partial charge in [0.15, 0.2) is 0 Å². The molecule has 1 aromatic carbocycles. The number of urea groups is 1. The SMILES string of the molecule is Cc1ccc(CCNC(=O)NCC(C)(O)c2ccccc2Cl)cn1. The average Bonchev–Trinajstić information content (AvgIpc) is 2.55. The summed E-state index contributed by atoms with van der Waals surface area (Å²) in [7, 11) is 0. The number of carbonyl (C=O) groups is 1. The normalized spacial score (nSPS) is 13.2. The van der Waals surface area contributed by atoms with Gasteiger partial charge in [0.1, 0.15) is 5.60 Å². The summed E-state index contributed by atoms with van der Waals surface area (Å²) >= 11 is 6.09. The first-order chi connectivity index (χ1) is 11.4. The maximum Gasteiger partial charge on any atom is 0.314 e. The van der Waals surface area contributed by atoms with Gasteiger partial charge >= 0.3 is 6.03 Å². The fourth-order valence-electron chi connectivity index (χ4n) is 2.27. The lowest BCUT2D eigenvalue weighted by atomic mass is 9.96. The van der Waals surface area contributed by atoms with E-state index < -0.39 is 5.60 Å². The molecule has 0 aliphatic carbocycles. The molecule has 128 valence electrons. The van der Waals surface area contributed by atoms with Crippen LogP contribution in [0, 0.1) is 6.92 Å². The van der Waals surface area contributed by atoms with Gasteiger partial charge in [0.05, 0.1) is 6.54 Å². The minimum absolute atomic E-state index is 0.0641. The van der Waals surface area contributed by atoms with Crippen LogP contribution in [0.5, 0.6) is 0 Å². The fraction of sp³-hybridized carbons (Fsp3) is 0.333. The lowest BCUT2D eigenvalue weighted by Crippen LogP contribution is -2.44. The highest BCUT2D eigenvalue weighted by molar-refractivity contribution is 6.31. The Morgan fingerprint density at radius 1 is 1.25 bits per heavy atom. The zero-order valence-corrected chi connectivity index (χ0v) is 14.6. The molecule has 1 heterocycles. The molecule has 0 saturated carbocycles. The molecule has 6 heteroatoms. The van der Waals surface area contributed by atoms with E-state index in [-0.39, 0.29) is 12.6 Å². The zero-order chi connectivity index (χ0) is 17.6. The van der Waals surface area contributed by atoms with E-state index in [0.29, 0.717) is 23.6 Å². The van der Waals surface area contributed by atoms with E-state index in [0.717, 1.165) is 11.3 Å². The Kier molecular flexibility index (Phi) is 6.17. The second kappa shape index (κ2) is 8.13. The first-order valence-electron chi connectivity index (χ1n) is 7.79. The molecule has 0 radical (unpaired) electrons. The number of aliphatic hydroxyl groups is 1. The van der Waals surface area contributed by atoms with Crippen LogP contribution in [-0.4, -0.2) is 29.2 Å². The topological polar surface area (TPSA) is 74.2 Å². The number of hydrogen-bond donors (Lipinski definition) is 3. The van der Waals surface area contributed by atoms with Crippen molar-refractivity contribution in [3.05, 3.63) is 64.4 Å². The Bertz CT molecular complexity index is 687. The third-order valence-corrected chi connectivity index (χ3v) is 4.05. The number of hydrogen-bond acceptors (Lipinski definition) is 3. The van der Waals surface area contributed by atoms with Gasteiger partial charge in [0, 0.05) is 29.0 Å². The summed E-state index contributed by atoms with van der Waals surface area (Å²) < 4.78 is 0. The van der Waals surface area contributed by atoms with E-state index in [1.165, 1.54) is 0 Å². The van der Waals surface area contributed by atoms with Crippen LogP contribution in [0.4, 0.5) is 4.79 Å². The molecule has 0 aliphatic heterocycles. The van der Waals surface area contributed by atoms with Crippen LogP contribution < -0.4 is 10.6 Å². The van der Waals surface area contributed by atoms with E-state index in [1.807, 2.05) is 19.1 Å². The molecular formula is C18H22ClN3O2. The molecule has 24 heavy (non-hydrogen) atoms. The van der Waals surface area contributed by atoms with Crippen LogP contribution in [0.15, 0.2) is 42.6 Å². The molecule has 3 N–H and O–H groups in total.